The third kappa shape index (κ3) is 2.42. The van der Waals surface area contributed by atoms with Gasteiger partial charge >= 0.3 is 5.69 Å². The predicted octanol–water partition coefficient (Wildman–Crippen LogP) is 0.225. The summed E-state index contributed by atoms with van der Waals surface area (Å²) in [4.78, 5) is 16.2. The van der Waals surface area contributed by atoms with E-state index >= 15 is 0 Å². The molecule has 1 aromatic heterocycles. The van der Waals surface area contributed by atoms with Gasteiger partial charge in [0.1, 0.15) is 0 Å². The lowest BCUT2D eigenvalue weighted by molar-refractivity contribution is 0.288. The van der Waals surface area contributed by atoms with Crippen molar-refractivity contribution < 1.29 is 0 Å². The lowest BCUT2D eigenvalue weighted by Gasteiger charge is -2.25. The Hall–Kier alpha value is -0.680. The Balaban J connectivity index is 1.82. The average molecular weight is 213 g/mol. The highest BCUT2D eigenvalue weighted by Gasteiger charge is 2.09. The van der Waals surface area contributed by atoms with Gasteiger partial charge in [-0.15, -0.1) is 0 Å². The van der Waals surface area contributed by atoms with E-state index in [1.54, 1.807) is 17.0 Å². The molecular weight excluding hydrogens is 198 g/mol. The van der Waals surface area contributed by atoms with Crippen molar-refractivity contribution in [2.24, 2.45) is 0 Å². The van der Waals surface area contributed by atoms with Crippen molar-refractivity contribution in [1.82, 2.24) is 14.5 Å². The van der Waals surface area contributed by atoms with Crippen LogP contribution >= 0.6 is 11.8 Å². The standard InChI is InChI=1S/C9H15N3OS/c13-9-10-1-2-12(9)4-3-11-5-7-14-8-6-11/h1-2H,3-8H2,(H,10,13). The zero-order chi connectivity index (χ0) is 9.80. The summed E-state index contributed by atoms with van der Waals surface area (Å²) in [6.45, 7) is 4.10. The molecule has 78 valence electrons. The minimum atomic E-state index is -0.00335. The average Bonchev–Trinajstić information content (AvgIpc) is 2.63. The van der Waals surface area contributed by atoms with E-state index in [4.69, 9.17) is 0 Å². The molecule has 0 bridgehead atoms. The first-order valence-corrected chi connectivity index (χ1v) is 6.05. The van der Waals surface area contributed by atoms with Gasteiger partial charge in [0.2, 0.25) is 0 Å². The number of hydrogen-bond donors (Lipinski definition) is 1. The van der Waals surface area contributed by atoms with Gasteiger partial charge in [0.05, 0.1) is 0 Å². The first-order valence-electron chi connectivity index (χ1n) is 4.90. The number of imidazole rings is 1. The number of aromatic amines is 1. The predicted molar refractivity (Wildman–Crippen MR) is 58.8 cm³/mol. The van der Waals surface area contributed by atoms with Crippen LogP contribution in [-0.4, -0.2) is 45.6 Å². The van der Waals surface area contributed by atoms with Gasteiger partial charge in [-0.25, -0.2) is 4.79 Å². The van der Waals surface area contributed by atoms with Crippen LogP contribution in [0.4, 0.5) is 0 Å². The van der Waals surface area contributed by atoms with Crippen molar-refractivity contribution >= 4 is 11.8 Å². The van der Waals surface area contributed by atoms with Crippen LogP contribution in [0, 0.1) is 0 Å². The molecule has 14 heavy (non-hydrogen) atoms. The zero-order valence-electron chi connectivity index (χ0n) is 8.11. The van der Waals surface area contributed by atoms with E-state index in [1.807, 2.05) is 11.8 Å². The van der Waals surface area contributed by atoms with Crippen molar-refractivity contribution in [2.75, 3.05) is 31.1 Å². The third-order valence-electron chi connectivity index (χ3n) is 2.48. The molecule has 4 nitrogen and oxygen atoms in total. The minimum Gasteiger partial charge on any atom is -0.313 e. The van der Waals surface area contributed by atoms with Crippen molar-refractivity contribution in [1.29, 1.82) is 0 Å². The molecule has 0 aliphatic carbocycles. The van der Waals surface area contributed by atoms with Gasteiger partial charge in [-0.3, -0.25) is 9.47 Å². The normalized spacial score (nSPS) is 18.6. The summed E-state index contributed by atoms with van der Waals surface area (Å²) in [5.74, 6) is 2.45. The monoisotopic (exact) mass is 213 g/mol. The molecule has 1 N–H and O–H groups in total. The van der Waals surface area contributed by atoms with Crippen LogP contribution in [0.5, 0.6) is 0 Å². The smallest absolute Gasteiger partial charge is 0.313 e. The van der Waals surface area contributed by atoms with Crippen LogP contribution < -0.4 is 5.69 Å². The molecule has 0 unspecified atom stereocenters. The molecule has 0 spiro atoms. The second kappa shape index (κ2) is 4.70. The number of hydrogen-bond acceptors (Lipinski definition) is 3. The maximum atomic E-state index is 11.2. The molecule has 5 heteroatoms. The summed E-state index contributed by atoms with van der Waals surface area (Å²) in [5, 5.41) is 0. The lowest BCUT2D eigenvalue weighted by atomic mass is 10.4. The van der Waals surface area contributed by atoms with Crippen molar-refractivity contribution in [3.05, 3.63) is 22.9 Å². The largest absolute Gasteiger partial charge is 0.325 e. The molecule has 0 saturated carbocycles. The second-order valence-electron chi connectivity index (χ2n) is 3.41. The molecule has 0 aromatic carbocycles. The van der Waals surface area contributed by atoms with Crippen LogP contribution in [0.3, 0.4) is 0 Å². The second-order valence-corrected chi connectivity index (χ2v) is 4.64. The lowest BCUT2D eigenvalue weighted by Crippen LogP contribution is -2.36. The van der Waals surface area contributed by atoms with Crippen LogP contribution in [-0.2, 0) is 6.54 Å². The van der Waals surface area contributed by atoms with Gasteiger partial charge in [0.25, 0.3) is 0 Å². The minimum absolute atomic E-state index is 0.00335. The SMILES string of the molecule is O=c1[nH]ccn1CCN1CCSCC1. The maximum absolute atomic E-state index is 11.2. The Morgan fingerprint density at radius 2 is 2.14 bits per heavy atom. The van der Waals surface area contributed by atoms with Gasteiger partial charge in [-0.05, 0) is 0 Å². The van der Waals surface area contributed by atoms with E-state index in [0.717, 1.165) is 26.2 Å². The maximum Gasteiger partial charge on any atom is 0.325 e. The molecule has 0 amide bonds. The van der Waals surface area contributed by atoms with E-state index in [9.17, 15) is 4.79 Å². The Morgan fingerprint density at radius 3 is 2.79 bits per heavy atom. The summed E-state index contributed by atoms with van der Waals surface area (Å²) in [6.07, 6.45) is 3.50. The van der Waals surface area contributed by atoms with E-state index in [1.165, 1.54) is 11.5 Å². The molecular formula is C9H15N3OS. The third-order valence-corrected chi connectivity index (χ3v) is 3.43. The van der Waals surface area contributed by atoms with Crippen LogP contribution in [0.15, 0.2) is 17.2 Å². The Bertz CT molecular complexity index is 327. The number of nitrogens with zero attached hydrogens (tertiary/aromatic N) is 2. The van der Waals surface area contributed by atoms with Crippen molar-refractivity contribution in [2.45, 2.75) is 6.54 Å². The van der Waals surface area contributed by atoms with E-state index in [2.05, 4.69) is 9.88 Å². The van der Waals surface area contributed by atoms with E-state index < -0.39 is 0 Å². The van der Waals surface area contributed by atoms with Crippen LogP contribution in [0.1, 0.15) is 0 Å². The Labute approximate surface area is 87.3 Å². The highest BCUT2D eigenvalue weighted by atomic mass is 32.2. The number of aromatic nitrogens is 2. The Kier molecular flexibility index (Phi) is 3.31. The quantitative estimate of drug-likeness (QED) is 0.781. The summed E-state index contributed by atoms with van der Waals surface area (Å²) >= 11 is 2.01. The molecule has 2 rings (SSSR count). The highest BCUT2D eigenvalue weighted by molar-refractivity contribution is 7.99. The fourth-order valence-electron chi connectivity index (χ4n) is 1.60. The molecule has 1 saturated heterocycles. The van der Waals surface area contributed by atoms with E-state index in [-0.39, 0.29) is 5.69 Å². The molecule has 1 fully saturated rings. The Morgan fingerprint density at radius 1 is 1.36 bits per heavy atom. The van der Waals surface area contributed by atoms with Gasteiger partial charge in [-0.1, -0.05) is 0 Å². The molecule has 1 aliphatic rings. The van der Waals surface area contributed by atoms with Crippen molar-refractivity contribution in [3.63, 3.8) is 0 Å². The summed E-state index contributed by atoms with van der Waals surface area (Å²) in [7, 11) is 0. The van der Waals surface area contributed by atoms with Gasteiger partial charge in [-0.2, -0.15) is 11.8 Å². The molecule has 2 heterocycles. The zero-order valence-corrected chi connectivity index (χ0v) is 8.92. The summed E-state index contributed by atoms with van der Waals surface area (Å²) in [5.41, 5.74) is -0.00335. The van der Waals surface area contributed by atoms with Gasteiger partial charge in [0.15, 0.2) is 0 Å². The molecule has 1 aliphatic heterocycles. The molecule has 0 radical (unpaired) electrons. The van der Waals surface area contributed by atoms with E-state index in [0.29, 0.717) is 0 Å². The van der Waals surface area contributed by atoms with Crippen LogP contribution in [0.2, 0.25) is 0 Å². The number of H-pyrrole nitrogens is 1. The van der Waals surface area contributed by atoms with Gasteiger partial charge < -0.3 is 4.98 Å². The number of rotatable bonds is 3. The van der Waals surface area contributed by atoms with Crippen LogP contribution in [0.25, 0.3) is 0 Å². The summed E-state index contributed by atoms with van der Waals surface area (Å²) < 4.78 is 1.72. The first kappa shape index (κ1) is 9.86. The summed E-state index contributed by atoms with van der Waals surface area (Å²) in [6, 6.07) is 0. The first-order chi connectivity index (χ1) is 6.86. The van der Waals surface area contributed by atoms with Crippen molar-refractivity contribution in [3.8, 4) is 0 Å². The molecule has 0 atom stereocenters. The number of thioether (sulfide) groups is 1. The topological polar surface area (TPSA) is 41.0 Å². The fraction of sp³-hybridized carbons (Fsp3) is 0.667. The number of nitrogens with one attached hydrogen (secondary N) is 1. The molecule has 1 aromatic rings. The fourth-order valence-corrected chi connectivity index (χ4v) is 2.58. The highest BCUT2D eigenvalue weighted by Crippen LogP contribution is 2.08. The van der Waals surface area contributed by atoms with Gasteiger partial charge in [0, 0.05) is 50.1 Å².